The van der Waals surface area contributed by atoms with Crippen LogP contribution in [0.4, 0.5) is 4.39 Å². The van der Waals surface area contributed by atoms with Crippen molar-refractivity contribution in [2.75, 3.05) is 14.2 Å². The number of fused-ring (bicyclic) bond motifs is 1. The van der Waals surface area contributed by atoms with Crippen molar-refractivity contribution in [3.63, 3.8) is 0 Å². The molecule has 0 N–H and O–H groups in total. The fourth-order valence-corrected chi connectivity index (χ4v) is 2.11. The zero-order chi connectivity index (χ0) is 16.8. The quantitative estimate of drug-likeness (QED) is 0.677. The van der Waals surface area contributed by atoms with E-state index in [1.54, 1.807) is 0 Å². The van der Waals surface area contributed by atoms with Crippen LogP contribution in [0, 0.1) is 6.57 Å². The van der Waals surface area contributed by atoms with Gasteiger partial charge in [0.2, 0.25) is 7.05 Å². The topological polar surface area (TPSA) is 22.2 Å². The number of imidazole rings is 1. The lowest BCUT2D eigenvalue weighted by atomic mass is 10.0. The van der Waals surface area contributed by atoms with E-state index in [1.165, 1.54) is 18.3 Å². The van der Waals surface area contributed by atoms with Crippen molar-refractivity contribution in [3.8, 4) is 0 Å². The number of aromatic nitrogens is 2. The maximum absolute atomic E-state index is 9.50. The summed E-state index contributed by atoms with van der Waals surface area (Å²) in [6.45, 7) is 9.83. The van der Waals surface area contributed by atoms with Gasteiger partial charge in [0.1, 0.15) is 0 Å². The van der Waals surface area contributed by atoms with Gasteiger partial charge >= 0.3 is 0 Å². The summed E-state index contributed by atoms with van der Waals surface area (Å²) < 4.78 is 11.7. The van der Waals surface area contributed by atoms with Gasteiger partial charge in [0.15, 0.2) is 0 Å². The summed E-state index contributed by atoms with van der Waals surface area (Å²) >= 11 is 0. The van der Waals surface area contributed by atoms with E-state index in [4.69, 9.17) is 6.57 Å². The Balaban J connectivity index is 0.000000553. The van der Waals surface area contributed by atoms with E-state index in [2.05, 4.69) is 56.9 Å². The molecule has 2 heterocycles. The molecule has 4 heteroatoms. The van der Waals surface area contributed by atoms with Gasteiger partial charge in [-0.3, -0.25) is 4.39 Å². The zero-order valence-electron chi connectivity index (χ0n) is 13.7. The molecule has 0 amide bonds. The third-order valence-electron chi connectivity index (χ3n) is 2.86. The molecule has 3 nitrogen and oxygen atoms in total. The highest BCUT2D eigenvalue weighted by Crippen LogP contribution is 2.27. The predicted octanol–water partition coefficient (Wildman–Crippen LogP) is 5.04. The first-order valence-electron chi connectivity index (χ1n) is 7.23. The van der Waals surface area contributed by atoms with Crippen LogP contribution < -0.4 is 0 Å². The highest BCUT2D eigenvalue weighted by Gasteiger charge is 2.16. The first-order valence-corrected chi connectivity index (χ1v) is 7.23. The molecule has 0 saturated carbocycles. The number of benzene rings is 1. The molecule has 0 radical (unpaired) electrons. The maximum atomic E-state index is 9.50. The van der Waals surface area contributed by atoms with Gasteiger partial charge in [-0.15, -0.1) is 0 Å². The molecule has 1 atom stereocenters. The van der Waals surface area contributed by atoms with Gasteiger partial charge in [0, 0.05) is 0 Å². The van der Waals surface area contributed by atoms with E-state index in [-0.39, 0.29) is 0 Å². The van der Waals surface area contributed by atoms with Gasteiger partial charge in [-0.2, -0.15) is 0 Å². The van der Waals surface area contributed by atoms with Crippen LogP contribution in [-0.2, 0) is 0 Å². The molecule has 1 aliphatic rings. The van der Waals surface area contributed by atoms with Crippen molar-refractivity contribution in [2.45, 2.75) is 26.3 Å². The minimum Gasteiger partial charge on any atom is -0.323 e. The lowest BCUT2D eigenvalue weighted by Crippen LogP contribution is -2.12. The van der Waals surface area contributed by atoms with Crippen molar-refractivity contribution >= 4 is 6.08 Å². The normalized spacial score (nSPS) is 13.7. The Kier molecular flexibility index (Phi) is 11.0. The average Bonchev–Trinajstić information content (AvgIpc) is 3.09. The van der Waals surface area contributed by atoms with Crippen LogP contribution in [0.2, 0.25) is 0 Å². The molecule has 0 spiro atoms. The fourth-order valence-electron chi connectivity index (χ4n) is 2.11. The van der Waals surface area contributed by atoms with E-state index in [1.807, 2.05) is 26.4 Å². The van der Waals surface area contributed by atoms with Crippen molar-refractivity contribution < 1.29 is 4.39 Å². The molecule has 1 aliphatic heterocycles. The van der Waals surface area contributed by atoms with E-state index in [9.17, 15) is 4.39 Å². The fraction of sp³-hybridized carbons (Fsp3) is 0.333. The van der Waals surface area contributed by atoms with Crippen molar-refractivity contribution in [1.82, 2.24) is 9.55 Å². The molecule has 3 rings (SSSR count). The van der Waals surface area contributed by atoms with Crippen LogP contribution in [0.5, 0.6) is 0 Å². The molecule has 22 heavy (non-hydrogen) atoms. The molecule has 1 aromatic carbocycles. The molecule has 2 aromatic rings. The van der Waals surface area contributed by atoms with E-state index < -0.39 is 0 Å². The van der Waals surface area contributed by atoms with E-state index in [0.29, 0.717) is 13.2 Å². The third-order valence-corrected chi connectivity index (χ3v) is 2.86. The second kappa shape index (κ2) is 12.3. The molecule has 1 unspecified atom stereocenters. The summed E-state index contributed by atoms with van der Waals surface area (Å²) in [5.41, 5.74) is 2.54. The van der Waals surface area contributed by atoms with E-state index in [0.717, 1.165) is 6.42 Å². The molecule has 0 aliphatic carbocycles. The number of halogens is 1. The first-order chi connectivity index (χ1) is 10.9. The highest BCUT2D eigenvalue weighted by atomic mass is 19.1. The molecule has 1 aromatic heterocycles. The summed E-state index contributed by atoms with van der Waals surface area (Å²) in [5, 5.41) is 0. The summed E-state index contributed by atoms with van der Waals surface area (Å²) in [6, 6.07) is 11.0. The highest BCUT2D eigenvalue weighted by molar-refractivity contribution is 5.47. The van der Waals surface area contributed by atoms with Gasteiger partial charge in [0.25, 0.3) is 0 Å². The summed E-state index contributed by atoms with van der Waals surface area (Å²) in [5.74, 6) is 0. The largest absolute Gasteiger partial charge is 0.323 e. The van der Waals surface area contributed by atoms with Gasteiger partial charge in [-0.25, -0.2) is 11.6 Å². The van der Waals surface area contributed by atoms with Crippen molar-refractivity contribution in [3.05, 3.63) is 71.6 Å². The molecular formula is C18H24FN3. The number of nitrogens with zero attached hydrogens (tertiary/aromatic N) is 3. The number of allylic oxidation sites excluding steroid dienone is 1. The lowest BCUT2D eigenvalue weighted by Gasteiger charge is -2.22. The standard InChI is InChI=1S/C13H12N2.C2H3N.C2H6.CH3F/c1-2-5-11(6-3-1)13-8-4-7-12-9-14-10-15(12)13;1-3-2;2*1-2/h1-7,9-10,13H,8H2;1H3;1-2H3;1H3. The molecule has 0 saturated heterocycles. The monoisotopic (exact) mass is 301 g/mol. The van der Waals surface area contributed by atoms with Crippen LogP contribution in [0.3, 0.4) is 0 Å². The van der Waals surface area contributed by atoms with Crippen molar-refractivity contribution in [2.24, 2.45) is 0 Å². The lowest BCUT2D eigenvalue weighted by molar-refractivity contribution is 0.579. The van der Waals surface area contributed by atoms with Gasteiger partial charge < -0.3 is 9.41 Å². The molecule has 0 fully saturated rings. The second-order valence-electron chi connectivity index (χ2n) is 4.01. The Morgan fingerprint density at radius 1 is 1.23 bits per heavy atom. The first kappa shape index (κ1) is 19.6. The number of hydrogen-bond donors (Lipinski definition) is 0. The zero-order valence-corrected chi connectivity index (χ0v) is 13.7. The van der Waals surface area contributed by atoms with Crippen LogP contribution >= 0.6 is 0 Å². The van der Waals surface area contributed by atoms with Crippen LogP contribution in [0.1, 0.15) is 37.6 Å². The Morgan fingerprint density at radius 2 is 1.82 bits per heavy atom. The van der Waals surface area contributed by atoms with Gasteiger partial charge in [0.05, 0.1) is 31.4 Å². The molecule has 0 bridgehead atoms. The minimum atomic E-state index is 0.411. The van der Waals surface area contributed by atoms with Crippen LogP contribution in [-0.4, -0.2) is 23.8 Å². The maximum Gasteiger partial charge on any atom is 0.205 e. The SMILES string of the molecule is C1=Cc2cncn2C(c2ccccc2)C1.CC.CF.[C-]#[N+]C. The van der Waals surface area contributed by atoms with Gasteiger partial charge in [-0.05, 0) is 18.1 Å². The summed E-state index contributed by atoms with van der Waals surface area (Å²) in [7, 11) is 1.92. The summed E-state index contributed by atoms with van der Waals surface area (Å²) in [6.07, 6.45) is 9.22. The number of rotatable bonds is 1. The predicted molar refractivity (Wildman–Crippen MR) is 91.4 cm³/mol. The molecule has 118 valence electrons. The number of hydrogen-bond acceptors (Lipinski definition) is 1. The Hall–Kier alpha value is -2.41. The van der Waals surface area contributed by atoms with Crippen LogP contribution in [0.15, 0.2) is 48.9 Å². The van der Waals surface area contributed by atoms with Crippen molar-refractivity contribution in [1.29, 1.82) is 0 Å². The second-order valence-corrected chi connectivity index (χ2v) is 4.01. The molecular weight excluding hydrogens is 277 g/mol. The summed E-state index contributed by atoms with van der Waals surface area (Å²) in [4.78, 5) is 6.94. The van der Waals surface area contributed by atoms with Gasteiger partial charge in [-0.1, -0.05) is 50.3 Å². The Bertz CT molecular complexity index is 568. The minimum absolute atomic E-state index is 0.411. The Labute approximate surface area is 133 Å². The Morgan fingerprint density at radius 3 is 2.41 bits per heavy atom. The third kappa shape index (κ3) is 5.53. The van der Waals surface area contributed by atoms with E-state index >= 15 is 0 Å². The average molecular weight is 301 g/mol. The van der Waals surface area contributed by atoms with Crippen LogP contribution in [0.25, 0.3) is 10.9 Å². The number of alkyl halides is 1. The smallest absolute Gasteiger partial charge is 0.205 e.